The fraction of sp³-hybridized carbons (Fsp3) is 0.105. The second-order valence-corrected chi connectivity index (χ2v) is 10.2. The third-order valence-corrected chi connectivity index (χ3v) is 6.74. The van der Waals surface area contributed by atoms with Gasteiger partial charge in [-0.1, -0.05) is 29.8 Å². The predicted molar refractivity (Wildman–Crippen MR) is 115 cm³/mol. The van der Waals surface area contributed by atoms with E-state index in [0.717, 1.165) is 29.9 Å². The fourth-order valence-corrected chi connectivity index (χ4v) is 4.82. The number of aryl methyl sites for hydroxylation is 1. The maximum Gasteiger partial charge on any atom is 0.339 e. The molecule has 0 bridgehead atoms. The van der Waals surface area contributed by atoms with Gasteiger partial charge in [-0.2, -0.15) is 12.4 Å². The number of nitrogens with two attached hydrogens (primary N) is 1. The minimum Gasteiger partial charge on any atom is -0.382 e. The quantitative estimate of drug-likeness (QED) is 0.468. The number of rotatable bonds is 6. The van der Waals surface area contributed by atoms with Gasteiger partial charge in [0.2, 0.25) is 0 Å². The summed E-state index contributed by atoms with van der Waals surface area (Å²) in [5.41, 5.74) is 8.26. The number of carbonyl (C=O) groups excluding carboxylic acids is 1. The summed E-state index contributed by atoms with van der Waals surface area (Å²) in [6.07, 6.45) is 1.46. The first-order chi connectivity index (χ1) is 14.4. The van der Waals surface area contributed by atoms with Crippen LogP contribution in [0.2, 0.25) is 0 Å². The molecule has 0 spiro atoms. The van der Waals surface area contributed by atoms with Crippen LogP contribution in [-0.4, -0.2) is 35.9 Å². The molecule has 0 radical (unpaired) electrons. The highest BCUT2D eigenvalue weighted by Crippen LogP contribution is 2.40. The Morgan fingerprint density at radius 1 is 1.13 bits per heavy atom. The largest absolute Gasteiger partial charge is 0.382 e. The normalized spacial score (nSPS) is 13.4. The third kappa shape index (κ3) is 5.74. The van der Waals surface area contributed by atoms with Gasteiger partial charge in [0.05, 0.1) is 16.8 Å². The molecule has 4 N–H and O–H groups in total. The van der Waals surface area contributed by atoms with E-state index in [2.05, 4.69) is 19.3 Å². The summed E-state index contributed by atoms with van der Waals surface area (Å²) in [4.78, 5) is 29.7. The highest BCUT2D eigenvalue weighted by Gasteiger charge is 2.25. The monoisotopic (exact) mass is 462 g/mol. The summed E-state index contributed by atoms with van der Waals surface area (Å²) in [7, 11) is -8.68. The number of benzene rings is 2. The molecule has 1 amide bonds. The van der Waals surface area contributed by atoms with Crippen LogP contribution in [0.1, 0.15) is 16.1 Å². The molecule has 12 heteroatoms. The van der Waals surface area contributed by atoms with E-state index in [1.165, 1.54) is 18.3 Å². The van der Waals surface area contributed by atoms with Gasteiger partial charge in [-0.15, -0.1) is 0 Å². The van der Waals surface area contributed by atoms with Crippen LogP contribution in [0.15, 0.2) is 59.6 Å². The van der Waals surface area contributed by atoms with Crippen molar-refractivity contribution in [2.45, 2.75) is 11.8 Å². The number of aromatic nitrogens is 2. The average molecular weight is 462 g/mol. The Morgan fingerprint density at radius 3 is 2.32 bits per heavy atom. The smallest absolute Gasteiger partial charge is 0.339 e. The fourth-order valence-electron chi connectivity index (χ4n) is 2.55. The number of nitrogen functional groups attached to an aromatic ring is 1. The lowest BCUT2D eigenvalue weighted by Crippen LogP contribution is -2.17. The molecule has 3 rings (SSSR count). The van der Waals surface area contributed by atoms with Crippen LogP contribution in [0.5, 0.6) is 0 Å². The molecule has 1 atom stereocenters. The first kappa shape index (κ1) is 22.6. The van der Waals surface area contributed by atoms with Gasteiger partial charge in [0.25, 0.3) is 5.91 Å². The maximum atomic E-state index is 12.6. The first-order valence-corrected chi connectivity index (χ1v) is 12.3. The van der Waals surface area contributed by atoms with E-state index in [9.17, 15) is 17.8 Å². The standard InChI is InChI=1S/C19H19N4O6PS/c1-12-3-5-13(6-4-12)16-11-21-18(20)17(23-16)19(24)22-14-7-9-15(10-8-14)31(27,28)29-30(2,25)26/h3-11H,1-2H3,(H2,20,21)(H,22,24)(H,25,26). The van der Waals surface area contributed by atoms with Crippen molar-refractivity contribution < 1.29 is 26.6 Å². The molecule has 1 heterocycles. The van der Waals surface area contributed by atoms with Gasteiger partial charge in [-0.25, -0.2) is 9.97 Å². The Hall–Kier alpha value is -3.11. The van der Waals surface area contributed by atoms with Gasteiger partial charge in [-0.05, 0) is 31.2 Å². The second-order valence-electron chi connectivity index (χ2n) is 6.67. The number of nitrogens with zero attached hydrogens (tertiary/aromatic N) is 2. The van der Waals surface area contributed by atoms with E-state index < -0.39 is 23.6 Å². The van der Waals surface area contributed by atoms with E-state index in [4.69, 9.17) is 10.6 Å². The lowest BCUT2D eigenvalue weighted by Gasteiger charge is -2.10. The van der Waals surface area contributed by atoms with Crippen LogP contribution in [0.25, 0.3) is 11.3 Å². The highest BCUT2D eigenvalue weighted by molar-refractivity contribution is 7.91. The van der Waals surface area contributed by atoms with Crippen molar-refractivity contribution in [1.82, 2.24) is 9.97 Å². The first-order valence-electron chi connectivity index (χ1n) is 8.82. The molecular formula is C19H19N4O6PS. The zero-order chi connectivity index (χ0) is 22.8. The summed E-state index contributed by atoms with van der Waals surface area (Å²) in [5, 5.41) is 2.55. The van der Waals surface area contributed by atoms with Crippen molar-refractivity contribution >= 4 is 35.1 Å². The van der Waals surface area contributed by atoms with Crippen molar-refractivity contribution in [3.8, 4) is 11.3 Å². The molecule has 0 saturated heterocycles. The molecule has 3 aromatic rings. The Balaban J connectivity index is 1.81. The number of anilines is 2. The van der Waals surface area contributed by atoms with E-state index in [1.54, 1.807) is 0 Å². The van der Waals surface area contributed by atoms with Crippen LogP contribution in [0.4, 0.5) is 11.5 Å². The van der Waals surface area contributed by atoms with Gasteiger partial charge in [0.15, 0.2) is 11.5 Å². The molecular weight excluding hydrogens is 443 g/mol. The molecule has 0 aliphatic carbocycles. The summed E-state index contributed by atoms with van der Waals surface area (Å²) in [5.74, 6) is -0.707. The van der Waals surface area contributed by atoms with Crippen molar-refractivity contribution in [2.24, 2.45) is 0 Å². The lowest BCUT2D eigenvalue weighted by atomic mass is 10.1. The molecule has 0 saturated carbocycles. The van der Waals surface area contributed by atoms with Crippen molar-refractivity contribution in [3.63, 3.8) is 0 Å². The number of hydrogen-bond donors (Lipinski definition) is 3. The third-order valence-electron chi connectivity index (χ3n) is 4.00. The lowest BCUT2D eigenvalue weighted by molar-refractivity contribution is 0.102. The summed E-state index contributed by atoms with van der Waals surface area (Å²) in [6.45, 7) is 2.71. The van der Waals surface area contributed by atoms with Crippen LogP contribution in [-0.2, 0) is 18.7 Å². The molecule has 162 valence electrons. The Morgan fingerprint density at radius 2 is 1.74 bits per heavy atom. The Labute approximate surface area is 178 Å². The zero-order valence-corrected chi connectivity index (χ0v) is 18.2. The summed E-state index contributed by atoms with van der Waals surface area (Å²) >= 11 is 0. The van der Waals surface area contributed by atoms with Crippen LogP contribution in [0, 0.1) is 6.92 Å². The van der Waals surface area contributed by atoms with E-state index >= 15 is 0 Å². The van der Waals surface area contributed by atoms with Crippen molar-refractivity contribution in [1.29, 1.82) is 0 Å². The molecule has 31 heavy (non-hydrogen) atoms. The van der Waals surface area contributed by atoms with Gasteiger partial charge in [0.1, 0.15) is 0 Å². The number of carbonyl (C=O) groups is 1. The molecule has 1 unspecified atom stereocenters. The number of amides is 1. The summed E-state index contributed by atoms with van der Waals surface area (Å²) < 4.78 is 39.4. The minimum absolute atomic E-state index is 0.0670. The zero-order valence-electron chi connectivity index (χ0n) is 16.5. The summed E-state index contributed by atoms with van der Waals surface area (Å²) in [6, 6.07) is 12.3. The predicted octanol–water partition coefficient (Wildman–Crippen LogP) is 2.81. The van der Waals surface area contributed by atoms with Crippen molar-refractivity contribution in [3.05, 3.63) is 66.0 Å². The Kier molecular flexibility index (Phi) is 6.23. The molecule has 2 aromatic carbocycles. The SMILES string of the molecule is Cc1ccc(-c2cnc(N)c(C(=O)Nc3ccc(S(=O)(=O)OP(C)(=O)O)cc3)n2)cc1. The molecule has 1 aromatic heterocycles. The second kappa shape index (κ2) is 8.56. The topological polar surface area (TPSA) is 162 Å². The van der Waals surface area contributed by atoms with E-state index in [0.29, 0.717) is 5.69 Å². The van der Waals surface area contributed by atoms with Gasteiger partial charge < -0.3 is 15.9 Å². The maximum absolute atomic E-state index is 12.6. The molecule has 0 fully saturated rings. The highest BCUT2D eigenvalue weighted by atomic mass is 32.2. The number of hydrogen-bond acceptors (Lipinski definition) is 8. The van der Waals surface area contributed by atoms with Gasteiger partial charge in [-0.3, -0.25) is 9.36 Å². The average Bonchev–Trinajstić information content (AvgIpc) is 2.67. The van der Waals surface area contributed by atoms with Gasteiger partial charge >= 0.3 is 17.7 Å². The van der Waals surface area contributed by atoms with E-state index in [1.807, 2.05) is 31.2 Å². The molecule has 0 aliphatic heterocycles. The van der Waals surface area contributed by atoms with Crippen molar-refractivity contribution in [2.75, 3.05) is 17.7 Å². The number of nitrogens with one attached hydrogen (secondary N) is 1. The van der Waals surface area contributed by atoms with E-state index in [-0.39, 0.29) is 22.1 Å². The minimum atomic E-state index is -4.43. The van der Waals surface area contributed by atoms with Crippen LogP contribution >= 0.6 is 7.60 Å². The van der Waals surface area contributed by atoms with Gasteiger partial charge in [0, 0.05) is 17.9 Å². The van der Waals surface area contributed by atoms with Crippen LogP contribution < -0.4 is 11.1 Å². The van der Waals surface area contributed by atoms with Crippen LogP contribution in [0.3, 0.4) is 0 Å². The molecule has 0 aliphatic rings. The Bertz CT molecular complexity index is 1270. The molecule has 10 nitrogen and oxygen atoms in total.